The van der Waals surface area contributed by atoms with E-state index in [2.05, 4.69) is 15.6 Å². The van der Waals surface area contributed by atoms with E-state index in [0.29, 0.717) is 11.4 Å². The molecule has 0 fully saturated rings. The lowest BCUT2D eigenvalue weighted by molar-refractivity contribution is -0.384. The second-order valence-electron chi connectivity index (χ2n) is 8.39. The second-order valence-corrected chi connectivity index (χ2v) is 8.39. The molecule has 33 heavy (non-hydrogen) atoms. The van der Waals surface area contributed by atoms with Crippen LogP contribution in [0.2, 0.25) is 0 Å². The van der Waals surface area contributed by atoms with Gasteiger partial charge in [0.05, 0.1) is 22.5 Å². The number of carbonyl (C=O) groups excluding carboxylic acids is 3. The molecule has 0 atom stereocenters. The first kappa shape index (κ1) is 23.3. The number of nitrogens with one attached hydrogen (secondary N) is 3. The average Bonchev–Trinajstić information content (AvgIpc) is 3.39. The van der Waals surface area contributed by atoms with Gasteiger partial charge in [0.15, 0.2) is 0 Å². The Labute approximate surface area is 188 Å². The highest BCUT2D eigenvalue weighted by Crippen LogP contribution is 2.20. The molecule has 0 aliphatic carbocycles. The fourth-order valence-electron chi connectivity index (χ4n) is 3.04. The SMILES string of the molecule is Cn1cc(NC(=O)c2cc([N+](=O)[O-])c[nH]2)cc1C(=O)Nc1cc(C(=O)OC(C)(C)C)n(C)c1. The molecule has 0 unspecified atom stereocenters. The number of aromatic nitrogens is 3. The topological polar surface area (TPSA) is 153 Å². The minimum Gasteiger partial charge on any atom is -0.455 e. The summed E-state index contributed by atoms with van der Waals surface area (Å²) in [5.41, 5.74) is 0.365. The molecule has 3 aromatic rings. The first-order valence-corrected chi connectivity index (χ1v) is 9.85. The molecule has 3 N–H and O–H groups in total. The molecule has 0 saturated carbocycles. The van der Waals surface area contributed by atoms with Crippen LogP contribution >= 0.6 is 0 Å². The Morgan fingerprint density at radius 1 is 0.970 bits per heavy atom. The van der Waals surface area contributed by atoms with Crippen LogP contribution in [-0.2, 0) is 18.8 Å². The maximum atomic E-state index is 12.8. The van der Waals surface area contributed by atoms with E-state index in [1.165, 1.54) is 22.9 Å². The summed E-state index contributed by atoms with van der Waals surface area (Å²) >= 11 is 0. The fourth-order valence-corrected chi connectivity index (χ4v) is 3.04. The van der Waals surface area contributed by atoms with Crippen molar-refractivity contribution in [3.63, 3.8) is 0 Å². The van der Waals surface area contributed by atoms with E-state index in [1.807, 2.05) is 0 Å². The average molecular weight is 456 g/mol. The van der Waals surface area contributed by atoms with Crippen LogP contribution in [0.4, 0.5) is 17.1 Å². The van der Waals surface area contributed by atoms with Crippen molar-refractivity contribution >= 4 is 34.8 Å². The summed E-state index contributed by atoms with van der Waals surface area (Å²) in [4.78, 5) is 50.1. The number of aromatic amines is 1. The van der Waals surface area contributed by atoms with Crippen LogP contribution in [0.3, 0.4) is 0 Å². The summed E-state index contributed by atoms with van der Waals surface area (Å²) in [6.07, 6.45) is 4.23. The molecule has 3 aromatic heterocycles. The van der Waals surface area contributed by atoms with Gasteiger partial charge in [0.2, 0.25) is 0 Å². The molecule has 174 valence electrons. The van der Waals surface area contributed by atoms with E-state index in [9.17, 15) is 24.5 Å². The number of aryl methyl sites for hydroxylation is 2. The summed E-state index contributed by atoms with van der Waals surface area (Å²) in [5, 5.41) is 16.1. The molecular formula is C21H24N6O6. The molecule has 0 aliphatic heterocycles. The number of H-pyrrole nitrogens is 1. The second kappa shape index (κ2) is 8.65. The number of amides is 2. The van der Waals surface area contributed by atoms with Crippen molar-refractivity contribution in [1.82, 2.24) is 14.1 Å². The zero-order valence-corrected chi connectivity index (χ0v) is 18.8. The van der Waals surface area contributed by atoms with Crippen LogP contribution in [0, 0.1) is 10.1 Å². The molecule has 0 aromatic carbocycles. The Bertz CT molecular complexity index is 1240. The maximum absolute atomic E-state index is 12.8. The van der Waals surface area contributed by atoms with Crippen molar-refractivity contribution in [3.8, 4) is 0 Å². The van der Waals surface area contributed by atoms with Crippen LogP contribution in [0.1, 0.15) is 52.2 Å². The number of ether oxygens (including phenoxy) is 1. The van der Waals surface area contributed by atoms with E-state index in [4.69, 9.17) is 4.74 Å². The van der Waals surface area contributed by atoms with Gasteiger partial charge in [0, 0.05) is 32.6 Å². The van der Waals surface area contributed by atoms with E-state index < -0.39 is 28.3 Å². The zero-order chi connectivity index (χ0) is 24.5. The van der Waals surface area contributed by atoms with Crippen LogP contribution in [-0.4, -0.2) is 42.4 Å². The van der Waals surface area contributed by atoms with Crippen molar-refractivity contribution in [2.75, 3.05) is 10.6 Å². The van der Waals surface area contributed by atoms with Crippen LogP contribution in [0.5, 0.6) is 0 Å². The number of nitrogens with zero attached hydrogens (tertiary/aromatic N) is 3. The maximum Gasteiger partial charge on any atom is 0.355 e. The number of hydrogen-bond donors (Lipinski definition) is 3. The van der Waals surface area contributed by atoms with Crippen molar-refractivity contribution < 1.29 is 24.0 Å². The van der Waals surface area contributed by atoms with Crippen molar-refractivity contribution in [3.05, 3.63) is 64.0 Å². The van der Waals surface area contributed by atoms with Crippen LogP contribution in [0.25, 0.3) is 0 Å². The zero-order valence-electron chi connectivity index (χ0n) is 18.8. The normalized spacial score (nSPS) is 11.2. The van der Waals surface area contributed by atoms with Gasteiger partial charge in [0.25, 0.3) is 17.5 Å². The largest absolute Gasteiger partial charge is 0.455 e. The lowest BCUT2D eigenvalue weighted by atomic mass is 10.2. The third-order valence-electron chi connectivity index (χ3n) is 4.49. The van der Waals surface area contributed by atoms with Crippen molar-refractivity contribution in [1.29, 1.82) is 0 Å². The van der Waals surface area contributed by atoms with E-state index in [0.717, 1.165) is 12.3 Å². The quantitative estimate of drug-likeness (QED) is 0.294. The Kier molecular flexibility index (Phi) is 6.11. The first-order valence-electron chi connectivity index (χ1n) is 9.85. The number of hydrogen-bond acceptors (Lipinski definition) is 6. The number of nitro groups is 1. The number of esters is 1. The molecule has 0 aliphatic rings. The number of anilines is 2. The number of carbonyl (C=O) groups is 3. The summed E-state index contributed by atoms with van der Waals surface area (Å²) in [7, 11) is 3.29. The summed E-state index contributed by atoms with van der Waals surface area (Å²) in [5.74, 6) is -1.57. The Morgan fingerprint density at radius 2 is 1.52 bits per heavy atom. The lowest BCUT2D eigenvalue weighted by Gasteiger charge is -2.19. The van der Waals surface area contributed by atoms with E-state index in [-0.39, 0.29) is 22.8 Å². The molecule has 12 heteroatoms. The van der Waals surface area contributed by atoms with Gasteiger partial charge in [0.1, 0.15) is 22.7 Å². The lowest BCUT2D eigenvalue weighted by Crippen LogP contribution is -2.25. The molecule has 0 bridgehead atoms. The van der Waals surface area contributed by atoms with Crippen molar-refractivity contribution in [2.24, 2.45) is 14.1 Å². The molecule has 12 nitrogen and oxygen atoms in total. The highest BCUT2D eigenvalue weighted by Gasteiger charge is 2.22. The summed E-state index contributed by atoms with van der Waals surface area (Å²) < 4.78 is 8.43. The van der Waals surface area contributed by atoms with Gasteiger partial charge < -0.3 is 29.5 Å². The van der Waals surface area contributed by atoms with E-state index >= 15 is 0 Å². The summed E-state index contributed by atoms with van der Waals surface area (Å²) in [6, 6.07) is 4.08. The fraction of sp³-hybridized carbons (Fsp3) is 0.286. The van der Waals surface area contributed by atoms with Gasteiger partial charge in [-0.2, -0.15) is 0 Å². The molecule has 2 amide bonds. The predicted molar refractivity (Wildman–Crippen MR) is 119 cm³/mol. The summed E-state index contributed by atoms with van der Waals surface area (Å²) in [6.45, 7) is 5.29. The predicted octanol–water partition coefficient (Wildman–Crippen LogP) is 3.06. The molecule has 3 rings (SSSR count). The molecule has 0 saturated heterocycles. The van der Waals surface area contributed by atoms with E-state index in [1.54, 1.807) is 45.6 Å². The highest BCUT2D eigenvalue weighted by molar-refractivity contribution is 6.07. The highest BCUT2D eigenvalue weighted by atomic mass is 16.6. The minimum atomic E-state index is -0.653. The van der Waals surface area contributed by atoms with Gasteiger partial charge in [-0.05, 0) is 32.9 Å². The molecule has 0 spiro atoms. The standard InChI is InChI=1S/C21H24N6O6/c1-21(2,3)33-20(30)17-7-13(11-26(17)5)24-19(29)16-6-12(10-25(16)4)23-18(28)15-8-14(9-22-15)27(31)32/h6-11,22H,1-5H3,(H,23,28)(H,24,29). The minimum absolute atomic E-state index is 0.00973. The molecule has 0 radical (unpaired) electrons. The smallest absolute Gasteiger partial charge is 0.355 e. The first-order chi connectivity index (χ1) is 15.3. The molecule has 3 heterocycles. The Balaban J connectivity index is 1.70. The third-order valence-corrected chi connectivity index (χ3v) is 4.49. The molecular weight excluding hydrogens is 432 g/mol. The van der Waals surface area contributed by atoms with Gasteiger partial charge >= 0.3 is 5.97 Å². The van der Waals surface area contributed by atoms with Crippen molar-refractivity contribution in [2.45, 2.75) is 26.4 Å². The van der Waals surface area contributed by atoms with Gasteiger partial charge in [-0.25, -0.2) is 4.79 Å². The van der Waals surface area contributed by atoms with Gasteiger partial charge in [-0.15, -0.1) is 0 Å². The Morgan fingerprint density at radius 3 is 2.06 bits per heavy atom. The Hall–Kier alpha value is -4.35. The number of rotatable bonds is 6. The van der Waals surface area contributed by atoms with Crippen LogP contribution < -0.4 is 10.6 Å². The van der Waals surface area contributed by atoms with Crippen LogP contribution in [0.15, 0.2) is 36.8 Å². The third kappa shape index (κ3) is 5.47. The monoisotopic (exact) mass is 456 g/mol. The van der Waals surface area contributed by atoms with Gasteiger partial charge in [-0.3, -0.25) is 19.7 Å². The van der Waals surface area contributed by atoms with Gasteiger partial charge in [-0.1, -0.05) is 0 Å².